The van der Waals surface area contributed by atoms with Crippen LogP contribution in [0.5, 0.6) is 0 Å². The Hall–Kier alpha value is -1.62. The number of pyridine rings is 1. The van der Waals surface area contributed by atoms with Crippen molar-refractivity contribution in [2.45, 2.75) is 27.2 Å². The van der Waals surface area contributed by atoms with Gasteiger partial charge < -0.3 is 15.1 Å². The van der Waals surface area contributed by atoms with Crippen molar-refractivity contribution in [3.05, 3.63) is 24.0 Å². The molecule has 0 bridgehead atoms. The third-order valence-corrected chi connectivity index (χ3v) is 4.14. The fourth-order valence-electron chi connectivity index (χ4n) is 2.59. The van der Waals surface area contributed by atoms with Gasteiger partial charge in [-0.05, 0) is 31.0 Å². The molecule has 0 radical (unpaired) electrons. The molecule has 5 heteroatoms. The zero-order valence-electron chi connectivity index (χ0n) is 14.0. The molecule has 1 aromatic rings. The first kappa shape index (κ1) is 16.7. The standard InChI is InChI=1S/C17H28N4O/c1-4-20-9-11-21(12-10-20)17(22)16-13-15(6-8-19-16)18-7-5-14(2)3/h6,8,13-14H,4-5,7,9-12H2,1-3H3,(H,18,19). The first-order valence-corrected chi connectivity index (χ1v) is 8.31. The minimum absolute atomic E-state index is 0.0447. The van der Waals surface area contributed by atoms with Gasteiger partial charge in [-0.2, -0.15) is 0 Å². The van der Waals surface area contributed by atoms with Crippen LogP contribution in [-0.2, 0) is 0 Å². The van der Waals surface area contributed by atoms with E-state index in [0.717, 1.165) is 51.4 Å². The molecule has 1 N–H and O–H groups in total. The van der Waals surface area contributed by atoms with Crippen LogP contribution in [-0.4, -0.2) is 60.0 Å². The van der Waals surface area contributed by atoms with Crippen molar-refractivity contribution in [1.82, 2.24) is 14.8 Å². The molecule has 0 atom stereocenters. The predicted octanol–water partition coefficient (Wildman–Crippen LogP) is 2.32. The second-order valence-electron chi connectivity index (χ2n) is 6.27. The SMILES string of the molecule is CCN1CCN(C(=O)c2cc(NCCC(C)C)ccn2)CC1. The number of piperazine rings is 1. The molecule has 0 saturated carbocycles. The Morgan fingerprint density at radius 3 is 2.68 bits per heavy atom. The van der Waals surface area contributed by atoms with Gasteiger partial charge >= 0.3 is 0 Å². The molecule has 22 heavy (non-hydrogen) atoms. The van der Waals surface area contributed by atoms with Crippen molar-refractivity contribution >= 4 is 11.6 Å². The van der Waals surface area contributed by atoms with Crippen LogP contribution < -0.4 is 5.32 Å². The van der Waals surface area contributed by atoms with Crippen LogP contribution in [0.15, 0.2) is 18.3 Å². The molecule has 1 aromatic heterocycles. The number of nitrogens with one attached hydrogen (secondary N) is 1. The highest BCUT2D eigenvalue weighted by atomic mass is 16.2. The maximum Gasteiger partial charge on any atom is 0.272 e. The first-order chi connectivity index (χ1) is 10.6. The van der Waals surface area contributed by atoms with E-state index in [1.807, 2.05) is 17.0 Å². The van der Waals surface area contributed by atoms with Crippen molar-refractivity contribution in [2.24, 2.45) is 5.92 Å². The molecule has 0 spiro atoms. The molecule has 2 rings (SSSR count). The number of rotatable bonds is 6. The normalized spacial score (nSPS) is 16.1. The Morgan fingerprint density at radius 2 is 2.05 bits per heavy atom. The number of anilines is 1. The van der Waals surface area contributed by atoms with Crippen LogP contribution in [0.2, 0.25) is 0 Å². The van der Waals surface area contributed by atoms with Crippen LogP contribution in [0.1, 0.15) is 37.7 Å². The summed E-state index contributed by atoms with van der Waals surface area (Å²) in [7, 11) is 0. The van der Waals surface area contributed by atoms with E-state index in [1.165, 1.54) is 0 Å². The number of nitrogens with zero attached hydrogens (tertiary/aromatic N) is 3. The largest absolute Gasteiger partial charge is 0.385 e. The lowest BCUT2D eigenvalue weighted by Crippen LogP contribution is -2.48. The molecule has 0 aliphatic carbocycles. The lowest BCUT2D eigenvalue weighted by molar-refractivity contribution is 0.0637. The number of carbonyl (C=O) groups is 1. The number of aromatic nitrogens is 1. The van der Waals surface area contributed by atoms with Crippen molar-refractivity contribution in [1.29, 1.82) is 0 Å². The van der Waals surface area contributed by atoms with Gasteiger partial charge in [0.2, 0.25) is 0 Å². The molecule has 1 aliphatic rings. The second kappa shape index (κ2) is 8.13. The van der Waals surface area contributed by atoms with Crippen LogP contribution in [0, 0.1) is 5.92 Å². The van der Waals surface area contributed by atoms with Gasteiger partial charge in [-0.15, -0.1) is 0 Å². The molecule has 1 fully saturated rings. The van der Waals surface area contributed by atoms with Crippen molar-refractivity contribution in [3.63, 3.8) is 0 Å². The lowest BCUT2D eigenvalue weighted by Gasteiger charge is -2.33. The molecule has 1 aliphatic heterocycles. The van der Waals surface area contributed by atoms with E-state index in [4.69, 9.17) is 0 Å². The minimum atomic E-state index is 0.0447. The highest BCUT2D eigenvalue weighted by molar-refractivity contribution is 5.93. The predicted molar refractivity (Wildman–Crippen MR) is 90.2 cm³/mol. The summed E-state index contributed by atoms with van der Waals surface area (Å²) in [6, 6.07) is 3.79. The highest BCUT2D eigenvalue weighted by Crippen LogP contribution is 2.12. The Balaban J connectivity index is 1.92. The van der Waals surface area contributed by atoms with E-state index in [1.54, 1.807) is 6.20 Å². The van der Waals surface area contributed by atoms with E-state index >= 15 is 0 Å². The zero-order valence-corrected chi connectivity index (χ0v) is 14.0. The molecular formula is C17H28N4O. The van der Waals surface area contributed by atoms with Crippen molar-refractivity contribution < 1.29 is 4.79 Å². The number of amides is 1. The molecule has 2 heterocycles. The molecule has 5 nitrogen and oxygen atoms in total. The van der Waals surface area contributed by atoms with Crippen LogP contribution in [0.4, 0.5) is 5.69 Å². The van der Waals surface area contributed by atoms with Gasteiger partial charge in [0.1, 0.15) is 5.69 Å². The molecule has 122 valence electrons. The number of hydrogen-bond donors (Lipinski definition) is 1. The zero-order chi connectivity index (χ0) is 15.9. The Morgan fingerprint density at radius 1 is 1.32 bits per heavy atom. The molecule has 1 amide bonds. The van der Waals surface area contributed by atoms with Gasteiger partial charge in [0.05, 0.1) is 0 Å². The Labute approximate surface area is 133 Å². The van der Waals surface area contributed by atoms with Crippen molar-refractivity contribution in [3.8, 4) is 0 Å². The highest BCUT2D eigenvalue weighted by Gasteiger charge is 2.22. The third kappa shape index (κ3) is 4.70. The molecule has 1 saturated heterocycles. The van der Waals surface area contributed by atoms with E-state index in [2.05, 4.69) is 36.0 Å². The average Bonchev–Trinajstić information content (AvgIpc) is 2.54. The fourth-order valence-corrected chi connectivity index (χ4v) is 2.59. The molecular weight excluding hydrogens is 276 g/mol. The summed E-state index contributed by atoms with van der Waals surface area (Å²) in [6.45, 7) is 12.0. The molecule has 0 aromatic carbocycles. The second-order valence-corrected chi connectivity index (χ2v) is 6.27. The van der Waals surface area contributed by atoms with Crippen LogP contribution >= 0.6 is 0 Å². The maximum absolute atomic E-state index is 12.5. The van der Waals surface area contributed by atoms with Crippen LogP contribution in [0.25, 0.3) is 0 Å². The van der Waals surface area contributed by atoms with Gasteiger partial charge in [0.15, 0.2) is 0 Å². The summed E-state index contributed by atoms with van der Waals surface area (Å²) < 4.78 is 0. The topological polar surface area (TPSA) is 48.5 Å². The van der Waals surface area contributed by atoms with Gasteiger partial charge in [-0.3, -0.25) is 9.78 Å². The maximum atomic E-state index is 12.5. The summed E-state index contributed by atoms with van der Waals surface area (Å²) in [5, 5.41) is 3.37. The van der Waals surface area contributed by atoms with Crippen LogP contribution in [0.3, 0.4) is 0 Å². The Kier molecular flexibility index (Phi) is 6.19. The summed E-state index contributed by atoms with van der Waals surface area (Å²) in [5.74, 6) is 0.716. The monoisotopic (exact) mass is 304 g/mol. The molecule has 0 unspecified atom stereocenters. The summed E-state index contributed by atoms with van der Waals surface area (Å²) in [6.07, 6.45) is 2.83. The number of likely N-dealkylation sites (N-methyl/N-ethyl adjacent to an activating group) is 1. The summed E-state index contributed by atoms with van der Waals surface area (Å²) in [5.41, 5.74) is 1.52. The van der Waals surface area contributed by atoms with Gasteiger partial charge in [0, 0.05) is 44.6 Å². The van der Waals surface area contributed by atoms with Crippen molar-refractivity contribution in [2.75, 3.05) is 44.6 Å². The third-order valence-electron chi connectivity index (χ3n) is 4.14. The van der Waals surface area contributed by atoms with Gasteiger partial charge in [-0.25, -0.2) is 0 Å². The van der Waals surface area contributed by atoms with E-state index in [0.29, 0.717) is 11.6 Å². The average molecular weight is 304 g/mol. The summed E-state index contributed by atoms with van der Waals surface area (Å²) >= 11 is 0. The number of carbonyl (C=O) groups excluding carboxylic acids is 1. The lowest BCUT2D eigenvalue weighted by atomic mass is 10.1. The van der Waals surface area contributed by atoms with Gasteiger partial charge in [0.25, 0.3) is 5.91 Å². The fraction of sp³-hybridized carbons (Fsp3) is 0.647. The first-order valence-electron chi connectivity index (χ1n) is 8.31. The van der Waals surface area contributed by atoms with E-state index in [9.17, 15) is 4.79 Å². The minimum Gasteiger partial charge on any atom is -0.385 e. The van der Waals surface area contributed by atoms with E-state index in [-0.39, 0.29) is 5.91 Å². The smallest absolute Gasteiger partial charge is 0.272 e. The van der Waals surface area contributed by atoms with E-state index < -0.39 is 0 Å². The quantitative estimate of drug-likeness (QED) is 0.876. The van der Waals surface area contributed by atoms with Gasteiger partial charge in [-0.1, -0.05) is 20.8 Å². The Bertz CT molecular complexity index is 481. The summed E-state index contributed by atoms with van der Waals surface area (Å²) in [4.78, 5) is 21.1. The number of hydrogen-bond acceptors (Lipinski definition) is 4.